The van der Waals surface area contributed by atoms with E-state index in [1.165, 1.54) is 6.08 Å². The summed E-state index contributed by atoms with van der Waals surface area (Å²) < 4.78 is 5.25. The Morgan fingerprint density at radius 1 is 1.48 bits per heavy atom. The molecule has 1 aliphatic heterocycles. The van der Waals surface area contributed by atoms with Crippen molar-refractivity contribution in [3.63, 3.8) is 0 Å². The summed E-state index contributed by atoms with van der Waals surface area (Å²) in [6.07, 6.45) is 6.49. The second kappa shape index (κ2) is 4.94. The fourth-order valence-corrected chi connectivity index (χ4v) is 3.37. The monoisotopic (exact) mass is 311 g/mol. The van der Waals surface area contributed by atoms with Gasteiger partial charge in [-0.3, -0.25) is 9.59 Å². The van der Waals surface area contributed by atoms with Gasteiger partial charge in [-0.25, -0.2) is 4.98 Å². The Kier molecular flexibility index (Phi) is 3.01. The van der Waals surface area contributed by atoms with E-state index >= 15 is 0 Å². The van der Waals surface area contributed by atoms with Gasteiger partial charge in [-0.1, -0.05) is 6.58 Å². The molecule has 2 aromatic heterocycles. The summed E-state index contributed by atoms with van der Waals surface area (Å²) in [6.45, 7) is 4.67. The summed E-state index contributed by atoms with van der Waals surface area (Å²) in [5, 5.41) is 3.82. The number of carbonyl (C=O) groups excluding carboxylic acids is 2. The Hall–Kier alpha value is -2.63. The first kappa shape index (κ1) is 14.0. The molecule has 0 radical (unpaired) electrons. The number of pyridine rings is 1. The highest BCUT2D eigenvalue weighted by Gasteiger charge is 2.56. The molecular weight excluding hydrogens is 294 g/mol. The lowest BCUT2D eigenvalue weighted by molar-refractivity contribution is -0.117. The quantitative estimate of drug-likeness (QED) is 0.876. The van der Waals surface area contributed by atoms with Crippen molar-refractivity contribution < 1.29 is 14.0 Å². The molecule has 1 saturated carbocycles. The van der Waals surface area contributed by atoms with Crippen molar-refractivity contribution in [2.75, 3.05) is 13.1 Å². The number of nitrogens with zero attached hydrogens (tertiary/aromatic N) is 2. The predicted molar refractivity (Wildman–Crippen MR) is 83.7 cm³/mol. The average Bonchev–Trinajstić information content (AvgIpc) is 3.04. The first-order chi connectivity index (χ1) is 11.1. The highest BCUT2D eigenvalue weighted by Crippen LogP contribution is 2.53. The van der Waals surface area contributed by atoms with E-state index < -0.39 is 0 Å². The largest absolute Gasteiger partial charge is 0.463 e. The van der Waals surface area contributed by atoms with E-state index in [9.17, 15) is 9.59 Å². The van der Waals surface area contributed by atoms with Crippen LogP contribution in [0.2, 0.25) is 0 Å². The zero-order valence-corrected chi connectivity index (χ0v) is 12.6. The minimum atomic E-state index is -0.187. The van der Waals surface area contributed by atoms with E-state index in [4.69, 9.17) is 4.42 Å². The van der Waals surface area contributed by atoms with Crippen LogP contribution in [-0.4, -0.2) is 40.8 Å². The molecule has 1 unspecified atom stereocenters. The standard InChI is InChI=1S/C17H17N3O3/c1-2-15(21)19-14-9-20(10-17(14)4-5-17)16(22)12-7-11-3-6-23-13(11)8-18-12/h2-3,6-8,14H,1,4-5,9-10H2,(H,19,21). The molecule has 3 heterocycles. The van der Waals surface area contributed by atoms with Crippen LogP contribution in [0.15, 0.2) is 41.7 Å². The van der Waals surface area contributed by atoms with Crippen molar-refractivity contribution in [3.05, 3.63) is 42.9 Å². The van der Waals surface area contributed by atoms with Gasteiger partial charge in [-0.2, -0.15) is 0 Å². The molecule has 1 spiro atoms. The van der Waals surface area contributed by atoms with Crippen molar-refractivity contribution in [2.24, 2.45) is 5.41 Å². The molecule has 0 aromatic carbocycles. The maximum absolute atomic E-state index is 12.7. The van der Waals surface area contributed by atoms with Crippen molar-refractivity contribution in [2.45, 2.75) is 18.9 Å². The molecule has 1 atom stereocenters. The molecule has 0 bridgehead atoms. The minimum absolute atomic E-state index is 0.00499. The van der Waals surface area contributed by atoms with E-state index in [1.54, 1.807) is 23.4 Å². The molecule has 2 fully saturated rings. The zero-order valence-electron chi connectivity index (χ0n) is 12.6. The van der Waals surface area contributed by atoms with Crippen LogP contribution in [-0.2, 0) is 4.79 Å². The minimum Gasteiger partial charge on any atom is -0.463 e. The smallest absolute Gasteiger partial charge is 0.272 e. The number of carbonyl (C=O) groups is 2. The second-order valence-corrected chi connectivity index (χ2v) is 6.34. The number of rotatable bonds is 3. The van der Waals surface area contributed by atoms with Gasteiger partial charge >= 0.3 is 0 Å². The summed E-state index contributed by atoms with van der Waals surface area (Å²) in [6, 6.07) is 3.55. The lowest BCUT2D eigenvalue weighted by Crippen LogP contribution is -2.41. The Bertz CT molecular complexity index is 806. The third-order valence-corrected chi connectivity index (χ3v) is 4.89. The van der Waals surface area contributed by atoms with Gasteiger partial charge in [0.2, 0.25) is 5.91 Å². The molecular formula is C17H17N3O3. The van der Waals surface area contributed by atoms with Gasteiger partial charge < -0.3 is 14.6 Å². The predicted octanol–water partition coefficient (Wildman–Crippen LogP) is 1.73. The van der Waals surface area contributed by atoms with Crippen LogP contribution in [0.1, 0.15) is 23.3 Å². The fraction of sp³-hybridized carbons (Fsp3) is 0.353. The van der Waals surface area contributed by atoms with E-state index in [-0.39, 0.29) is 23.3 Å². The number of aromatic nitrogens is 1. The summed E-state index contributed by atoms with van der Waals surface area (Å²) in [5.41, 5.74) is 1.11. The Labute approximate surface area is 133 Å². The number of hydrogen-bond donors (Lipinski definition) is 1. The molecule has 4 rings (SSSR count). The van der Waals surface area contributed by atoms with Crippen molar-refractivity contribution in [1.82, 2.24) is 15.2 Å². The summed E-state index contributed by atoms with van der Waals surface area (Å²) in [7, 11) is 0. The molecule has 118 valence electrons. The molecule has 2 amide bonds. The van der Waals surface area contributed by atoms with Crippen LogP contribution in [0, 0.1) is 5.41 Å². The van der Waals surface area contributed by atoms with Crippen molar-refractivity contribution >= 4 is 22.8 Å². The first-order valence-electron chi connectivity index (χ1n) is 7.67. The SMILES string of the molecule is C=CC(=O)NC1CN(C(=O)c2cc3ccoc3cn2)CC12CC2. The maximum Gasteiger partial charge on any atom is 0.272 e. The van der Waals surface area contributed by atoms with Crippen LogP contribution >= 0.6 is 0 Å². The zero-order chi connectivity index (χ0) is 16.0. The number of fused-ring (bicyclic) bond motifs is 1. The normalized spacial score (nSPS) is 21.6. The Balaban J connectivity index is 1.55. The van der Waals surface area contributed by atoms with Gasteiger partial charge in [0.1, 0.15) is 5.69 Å². The summed E-state index contributed by atoms with van der Waals surface area (Å²) in [5.74, 6) is -0.289. The molecule has 2 aliphatic rings. The summed E-state index contributed by atoms with van der Waals surface area (Å²) >= 11 is 0. The molecule has 23 heavy (non-hydrogen) atoms. The lowest BCUT2D eigenvalue weighted by Gasteiger charge is -2.17. The number of likely N-dealkylation sites (tertiary alicyclic amines) is 1. The van der Waals surface area contributed by atoms with E-state index in [1.807, 2.05) is 6.07 Å². The molecule has 1 N–H and O–H groups in total. The lowest BCUT2D eigenvalue weighted by atomic mass is 10.0. The van der Waals surface area contributed by atoms with Gasteiger partial charge in [0.15, 0.2) is 5.58 Å². The molecule has 1 saturated heterocycles. The topological polar surface area (TPSA) is 75.4 Å². The number of hydrogen-bond acceptors (Lipinski definition) is 4. The van der Waals surface area contributed by atoms with Gasteiger partial charge in [-0.15, -0.1) is 0 Å². The van der Waals surface area contributed by atoms with Crippen LogP contribution in [0.25, 0.3) is 11.0 Å². The highest BCUT2D eigenvalue weighted by molar-refractivity contribution is 5.96. The van der Waals surface area contributed by atoms with E-state index in [2.05, 4.69) is 16.9 Å². The number of amides is 2. The molecule has 6 heteroatoms. The number of furan rings is 1. The fourth-order valence-electron chi connectivity index (χ4n) is 3.37. The van der Waals surface area contributed by atoms with Crippen LogP contribution in [0.5, 0.6) is 0 Å². The van der Waals surface area contributed by atoms with Crippen LogP contribution in [0.3, 0.4) is 0 Å². The van der Waals surface area contributed by atoms with Crippen LogP contribution < -0.4 is 5.32 Å². The van der Waals surface area contributed by atoms with Crippen molar-refractivity contribution in [3.8, 4) is 0 Å². The third-order valence-electron chi connectivity index (χ3n) is 4.89. The van der Waals surface area contributed by atoms with Gasteiger partial charge in [-0.05, 0) is 31.1 Å². The molecule has 6 nitrogen and oxygen atoms in total. The Morgan fingerprint density at radius 3 is 3.04 bits per heavy atom. The third kappa shape index (κ3) is 2.30. The maximum atomic E-state index is 12.7. The van der Waals surface area contributed by atoms with Gasteiger partial charge in [0.05, 0.1) is 18.5 Å². The summed E-state index contributed by atoms with van der Waals surface area (Å²) in [4.78, 5) is 30.3. The second-order valence-electron chi connectivity index (χ2n) is 6.34. The number of nitrogens with one attached hydrogen (secondary N) is 1. The van der Waals surface area contributed by atoms with Gasteiger partial charge in [0, 0.05) is 23.9 Å². The first-order valence-corrected chi connectivity index (χ1v) is 7.67. The highest BCUT2D eigenvalue weighted by atomic mass is 16.3. The molecule has 1 aliphatic carbocycles. The molecule has 2 aromatic rings. The van der Waals surface area contributed by atoms with E-state index in [0.717, 1.165) is 18.2 Å². The Morgan fingerprint density at radius 2 is 2.30 bits per heavy atom. The van der Waals surface area contributed by atoms with Crippen molar-refractivity contribution in [1.29, 1.82) is 0 Å². The van der Waals surface area contributed by atoms with E-state index in [0.29, 0.717) is 24.4 Å². The van der Waals surface area contributed by atoms with Gasteiger partial charge in [0.25, 0.3) is 5.91 Å². The average molecular weight is 311 g/mol. The van der Waals surface area contributed by atoms with Crippen LogP contribution in [0.4, 0.5) is 0 Å².